The molecule has 1 amide bonds. The van der Waals surface area contributed by atoms with Gasteiger partial charge in [0.15, 0.2) is 4.96 Å². The molecular weight excluding hydrogens is 360 g/mol. The van der Waals surface area contributed by atoms with Crippen LogP contribution in [0.25, 0.3) is 15.3 Å². The smallest absolute Gasteiger partial charge is 0.269 e. The lowest BCUT2D eigenvalue weighted by atomic mass is 10.1. The lowest BCUT2D eigenvalue weighted by Gasteiger charge is -2.13. The molecule has 0 aliphatic rings. The number of nitrogens with zero attached hydrogens (tertiary/aromatic N) is 3. The van der Waals surface area contributed by atoms with E-state index < -0.39 is 4.92 Å². The molecule has 0 aliphatic carbocycles. The van der Waals surface area contributed by atoms with E-state index in [9.17, 15) is 14.9 Å². The van der Waals surface area contributed by atoms with Crippen molar-refractivity contribution in [1.82, 2.24) is 14.7 Å². The molecule has 3 aromatic heterocycles. The standard InChI is InChI=1S/C16H12N4O3S2/c1-9(10-3-2-4-11(7-10)20(22)23)17-14(21)13-8-12-15(25-13)18-16-19(12)5-6-24-16/h2-9H,1H3,(H,17,21). The Bertz CT molecular complexity index is 1110. The van der Waals surface area contributed by atoms with Gasteiger partial charge in [0, 0.05) is 23.7 Å². The lowest BCUT2D eigenvalue weighted by Crippen LogP contribution is -2.25. The Kier molecular flexibility index (Phi) is 3.74. The van der Waals surface area contributed by atoms with Crippen LogP contribution in [-0.4, -0.2) is 20.2 Å². The van der Waals surface area contributed by atoms with Gasteiger partial charge < -0.3 is 5.32 Å². The summed E-state index contributed by atoms with van der Waals surface area (Å²) in [5.74, 6) is -0.217. The van der Waals surface area contributed by atoms with Gasteiger partial charge in [0.05, 0.1) is 21.4 Å². The van der Waals surface area contributed by atoms with Gasteiger partial charge in [0.25, 0.3) is 11.6 Å². The number of carbonyl (C=O) groups is 1. The van der Waals surface area contributed by atoms with Crippen LogP contribution in [0.2, 0.25) is 0 Å². The zero-order valence-electron chi connectivity index (χ0n) is 13.0. The van der Waals surface area contributed by atoms with Crippen LogP contribution in [0.3, 0.4) is 0 Å². The molecule has 0 radical (unpaired) electrons. The van der Waals surface area contributed by atoms with Gasteiger partial charge in [0.1, 0.15) is 4.83 Å². The molecular formula is C16H12N4O3S2. The van der Waals surface area contributed by atoms with E-state index in [1.54, 1.807) is 30.4 Å². The minimum atomic E-state index is -0.445. The van der Waals surface area contributed by atoms with Crippen molar-refractivity contribution in [2.24, 2.45) is 0 Å². The molecule has 0 spiro atoms. The van der Waals surface area contributed by atoms with Crippen LogP contribution in [0.4, 0.5) is 5.69 Å². The Morgan fingerprint density at radius 2 is 2.24 bits per heavy atom. The molecule has 0 bridgehead atoms. The Labute approximate surface area is 149 Å². The van der Waals surface area contributed by atoms with E-state index in [1.165, 1.54) is 23.5 Å². The summed E-state index contributed by atoms with van der Waals surface area (Å²) in [4.78, 5) is 29.7. The van der Waals surface area contributed by atoms with Gasteiger partial charge in [0.2, 0.25) is 0 Å². The van der Waals surface area contributed by atoms with E-state index in [2.05, 4.69) is 10.3 Å². The molecule has 0 fully saturated rings. The third-order valence-electron chi connectivity index (χ3n) is 3.89. The van der Waals surface area contributed by atoms with Crippen molar-refractivity contribution < 1.29 is 9.72 Å². The topological polar surface area (TPSA) is 89.5 Å². The predicted molar refractivity (Wildman–Crippen MR) is 97.4 cm³/mol. The minimum Gasteiger partial charge on any atom is -0.345 e. The summed E-state index contributed by atoms with van der Waals surface area (Å²) >= 11 is 2.88. The summed E-state index contributed by atoms with van der Waals surface area (Å²) < 4.78 is 1.96. The monoisotopic (exact) mass is 372 g/mol. The number of hydrogen-bond acceptors (Lipinski definition) is 6. The van der Waals surface area contributed by atoms with Crippen molar-refractivity contribution in [3.63, 3.8) is 0 Å². The molecule has 4 aromatic rings. The highest BCUT2D eigenvalue weighted by atomic mass is 32.1. The molecule has 126 valence electrons. The maximum atomic E-state index is 12.5. The van der Waals surface area contributed by atoms with Crippen LogP contribution in [-0.2, 0) is 0 Å². The number of hydrogen-bond donors (Lipinski definition) is 1. The highest BCUT2D eigenvalue weighted by molar-refractivity contribution is 7.21. The molecule has 0 saturated heterocycles. The molecule has 1 N–H and O–H groups in total. The number of non-ortho nitro benzene ring substituents is 1. The molecule has 3 heterocycles. The van der Waals surface area contributed by atoms with E-state index in [-0.39, 0.29) is 17.6 Å². The van der Waals surface area contributed by atoms with Crippen LogP contribution in [0.1, 0.15) is 28.2 Å². The third kappa shape index (κ3) is 2.77. The number of aromatic nitrogens is 2. The zero-order chi connectivity index (χ0) is 17.6. The van der Waals surface area contributed by atoms with Gasteiger partial charge in [-0.25, -0.2) is 4.98 Å². The first-order valence-corrected chi connectivity index (χ1v) is 9.13. The minimum absolute atomic E-state index is 0.00823. The quantitative estimate of drug-likeness (QED) is 0.433. The fourth-order valence-corrected chi connectivity index (χ4v) is 4.32. The number of fused-ring (bicyclic) bond motifs is 3. The van der Waals surface area contributed by atoms with Crippen molar-refractivity contribution in [1.29, 1.82) is 0 Å². The molecule has 0 saturated carbocycles. The molecule has 25 heavy (non-hydrogen) atoms. The van der Waals surface area contributed by atoms with Crippen LogP contribution in [0.15, 0.2) is 41.9 Å². The van der Waals surface area contributed by atoms with Crippen molar-refractivity contribution >= 4 is 49.6 Å². The summed E-state index contributed by atoms with van der Waals surface area (Å²) in [6.45, 7) is 1.80. The maximum absolute atomic E-state index is 12.5. The number of thiophene rings is 1. The number of carbonyl (C=O) groups excluding carboxylic acids is 1. The summed E-state index contributed by atoms with van der Waals surface area (Å²) in [7, 11) is 0. The van der Waals surface area contributed by atoms with Crippen molar-refractivity contribution in [3.05, 3.63) is 62.5 Å². The maximum Gasteiger partial charge on any atom is 0.269 e. The van der Waals surface area contributed by atoms with Gasteiger partial charge in [-0.2, -0.15) is 0 Å². The molecule has 0 aliphatic heterocycles. The second-order valence-corrected chi connectivity index (χ2v) is 7.42. The van der Waals surface area contributed by atoms with Crippen molar-refractivity contribution in [2.75, 3.05) is 0 Å². The highest BCUT2D eigenvalue weighted by Crippen LogP contribution is 2.28. The van der Waals surface area contributed by atoms with Crippen LogP contribution < -0.4 is 5.32 Å². The normalized spacial score (nSPS) is 12.5. The fourth-order valence-electron chi connectivity index (χ4n) is 2.62. The summed E-state index contributed by atoms with van der Waals surface area (Å²) in [5.41, 5.74) is 1.61. The van der Waals surface area contributed by atoms with Crippen molar-refractivity contribution in [2.45, 2.75) is 13.0 Å². The second kappa shape index (κ2) is 5.94. The number of thiazole rings is 1. The molecule has 4 rings (SSSR count). The molecule has 7 nitrogen and oxygen atoms in total. The second-order valence-electron chi connectivity index (χ2n) is 5.52. The fraction of sp³-hybridized carbons (Fsp3) is 0.125. The number of rotatable bonds is 4. The first-order chi connectivity index (χ1) is 12.0. The Hall–Kier alpha value is -2.78. The van der Waals surface area contributed by atoms with Gasteiger partial charge in [-0.1, -0.05) is 12.1 Å². The lowest BCUT2D eigenvalue weighted by molar-refractivity contribution is -0.384. The predicted octanol–water partition coefficient (Wildman–Crippen LogP) is 4.01. The van der Waals surface area contributed by atoms with Gasteiger partial charge in [-0.15, -0.1) is 22.7 Å². The van der Waals surface area contributed by atoms with E-state index in [0.717, 1.165) is 15.3 Å². The average Bonchev–Trinajstić information content (AvgIpc) is 3.26. The number of nitrogens with one attached hydrogen (secondary N) is 1. The largest absolute Gasteiger partial charge is 0.345 e. The van der Waals surface area contributed by atoms with E-state index in [4.69, 9.17) is 0 Å². The highest BCUT2D eigenvalue weighted by Gasteiger charge is 2.18. The van der Waals surface area contributed by atoms with E-state index >= 15 is 0 Å². The number of nitro benzene ring substituents is 1. The molecule has 1 aromatic carbocycles. The zero-order valence-corrected chi connectivity index (χ0v) is 14.6. The molecule has 9 heteroatoms. The summed E-state index contributed by atoms with van der Waals surface area (Å²) in [5, 5.41) is 15.7. The Balaban J connectivity index is 1.57. The molecule has 1 unspecified atom stereocenters. The summed E-state index contributed by atoms with van der Waals surface area (Å²) in [6.07, 6.45) is 1.93. The van der Waals surface area contributed by atoms with Gasteiger partial charge in [-0.05, 0) is 18.6 Å². The third-order valence-corrected chi connectivity index (χ3v) is 5.67. The number of amides is 1. The van der Waals surface area contributed by atoms with Crippen LogP contribution in [0, 0.1) is 10.1 Å². The van der Waals surface area contributed by atoms with E-state index in [1.807, 2.05) is 22.0 Å². The van der Waals surface area contributed by atoms with Crippen LogP contribution >= 0.6 is 22.7 Å². The first kappa shape index (κ1) is 15.7. The number of nitro groups is 1. The van der Waals surface area contributed by atoms with E-state index in [0.29, 0.717) is 10.4 Å². The number of imidazole rings is 1. The Morgan fingerprint density at radius 1 is 1.40 bits per heavy atom. The van der Waals surface area contributed by atoms with Gasteiger partial charge in [-0.3, -0.25) is 19.3 Å². The van der Waals surface area contributed by atoms with Crippen LogP contribution in [0.5, 0.6) is 0 Å². The first-order valence-electron chi connectivity index (χ1n) is 7.43. The van der Waals surface area contributed by atoms with Crippen molar-refractivity contribution in [3.8, 4) is 0 Å². The molecule has 1 atom stereocenters. The SMILES string of the molecule is CC(NC(=O)c1cc2c(nc3sccn32)s1)c1cccc([N+](=O)[O-])c1. The number of benzene rings is 1. The van der Waals surface area contributed by atoms with Gasteiger partial charge >= 0.3 is 0 Å². The summed E-state index contributed by atoms with van der Waals surface area (Å²) in [6, 6.07) is 7.76. The Morgan fingerprint density at radius 3 is 3.04 bits per heavy atom. The average molecular weight is 372 g/mol.